The van der Waals surface area contributed by atoms with Crippen LogP contribution in [0.5, 0.6) is 0 Å². The summed E-state index contributed by atoms with van der Waals surface area (Å²) in [7, 11) is 0. The number of carbonyl (C=O) groups is 3. The monoisotopic (exact) mass is 1060 g/mol. The highest BCUT2D eigenvalue weighted by atomic mass is 16.6. The molecular weight excluding hydrogens is 937 g/mol. The molecule has 0 saturated heterocycles. The molecule has 0 bridgehead atoms. The molecule has 0 amide bonds. The maximum Gasteiger partial charge on any atom is 0.306 e. The molecule has 6 heteroatoms. The van der Waals surface area contributed by atoms with Gasteiger partial charge in [-0.2, -0.15) is 0 Å². The van der Waals surface area contributed by atoms with Gasteiger partial charge < -0.3 is 14.2 Å². The van der Waals surface area contributed by atoms with Crippen molar-refractivity contribution in [2.24, 2.45) is 0 Å². The summed E-state index contributed by atoms with van der Waals surface area (Å²) in [5.74, 6) is -0.913. The Kier molecular flexibility index (Phi) is 62.6. The molecule has 76 heavy (non-hydrogen) atoms. The predicted octanol–water partition coefficient (Wildman–Crippen LogP) is 22.9. The lowest BCUT2D eigenvalue weighted by atomic mass is 10.0. The van der Waals surface area contributed by atoms with Gasteiger partial charge >= 0.3 is 17.9 Å². The number of allylic oxidation sites excluding steroid dienone is 8. The Balaban J connectivity index is 3.99. The Morgan fingerprint density at radius 3 is 0.803 bits per heavy atom. The molecule has 0 saturated carbocycles. The maximum absolute atomic E-state index is 12.8. The smallest absolute Gasteiger partial charge is 0.306 e. The lowest BCUT2D eigenvalue weighted by molar-refractivity contribution is -0.167. The molecule has 0 fully saturated rings. The first-order chi connectivity index (χ1) is 37.5. The van der Waals surface area contributed by atoms with E-state index in [1.165, 1.54) is 238 Å². The van der Waals surface area contributed by atoms with Crippen molar-refractivity contribution in [1.29, 1.82) is 0 Å². The highest BCUT2D eigenvalue weighted by Crippen LogP contribution is 2.18. The van der Waals surface area contributed by atoms with Gasteiger partial charge in [0.05, 0.1) is 0 Å². The molecule has 0 aliphatic carbocycles. The first kappa shape index (κ1) is 73.4. The molecule has 0 radical (unpaired) electrons. The molecule has 0 aromatic heterocycles. The number of unbranched alkanes of at least 4 members (excludes halogenated alkanes) is 43. The van der Waals surface area contributed by atoms with Crippen LogP contribution >= 0.6 is 0 Å². The van der Waals surface area contributed by atoms with Gasteiger partial charge in [-0.25, -0.2) is 0 Å². The van der Waals surface area contributed by atoms with Crippen LogP contribution in [0.2, 0.25) is 0 Å². The number of hydrogen-bond donors (Lipinski definition) is 0. The maximum atomic E-state index is 12.8. The second kappa shape index (κ2) is 64.9. The lowest BCUT2D eigenvalue weighted by Crippen LogP contribution is -2.30. The summed E-state index contributed by atoms with van der Waals surface area (Å²) in [6, 6.07) is 0. The molecule has 0 aromatic rings. The summed E-state index contributed by atoms with van der Waals surface area (Å²) < 4.78 is 16.8. The minimum absolute atomic E-state index is 0.0858. The van der Waals surface area contributed by atoms with Gasteiger partial charge in [0, 0.05) is 19.3 Å². The van der Waals surface area contributed by atoms with Crippen LogP contribution < -0.4 is 0 Å². The number of esters is 3. The molecule has 1 atom stereocenters. The van der Waals surface area contributed by atoms with E-state index in [-0.39, 0.29) is 37.5 Å². The van der Waals surface area contributed by atoms with Crippen molar-refractivity contribution in [2.75, 3.05) is 13.2 Å². The predicted molar refractivity (Wildman–Crippen MR) is 330 cm³/mol. The minimum Gasteiger partial charge on any atom is -0.462 e. The molecule has 444 valence electrons. The van der Waals surface area contributed by atoms with Crippen LogP contribution in [0, 0.1) is 0 Å². The standard InChI is InChI=1S/C70H128O6/c1-4-7-10-13-16-19-21-23-25-26-27-28-29-30-31-32-33-34-35-36-37-38-39-40-41-42-43-45-46-48-51-54-57-60-63-69(72)75-66-67(65-74-68(71)62-59-56-53-50-18-15-12-9-6-3)76-70(73)64-61-58-55-52-49-47-44-24-22-20-17-14-11-8-5-2/h8,11,17,20,24,44,49,52,67H,4-7,9-10,12-16,18-19,21-23,25-43,45-48,50-51,53-66H2,1-3H3/b11-8-,20-17-,44-24-,52-49-. The molecule has 0 aliphatic heterocycles. The number of rotatable bonds is 62. The van der Waals surface area contributed by atoms with Gasteiger partial charge in [0.2, 0.25) is 0 Å². The SMILES string of the molecule is CC/C=C\C/C=C\C/C=C\C/C=C\CCCCC(=O)OC(COC(=O)CCCCCCCCCCC)COC(=O)CCCCCCCCCCCCCCCCCCCCCCCCCCCCCCCCCCCC. The molecule has 6 nitrogen and oxygen atoms in total. The number of carbonyl (C=O) groups excluding carboxylic acids is 3. The van der Waals surface area contributed by atoms with E-state index in [0.29, 0.717) is 19.3 Å². The summed E-state index contributed by atoms with van der Waals surface area (Å²) >= 11 is 0. The first-order valence-electron chi connectivity index (χ1n) is 33.6. The van der Waals surface area contributed by atoms with Crippen LogP contribution in [0.3, 0.4) is 0 Å². The summed E-state index contributed by atoms with van der Waals surface area (Å²) in [5.41, 5.74) is 0. The van der Waals surface area contributed by atoms with E-state index >= 15 is 0 Å². The molecule has 0 N–H and O–H groups in total. The van der Waals surface area contributed by atoms with Gasteiger partial charge in [0.1, 0.15) is 13.2 Å². The van der Waals surface area contributed by atoms with Crippen molar-refractivity contribution in [3.8, 4) is 0 Å². The third-order valence-electron chi connectivity index (χ3n) is 15.1. The van der Waals surface area contributed by atoms with Crippen molar-refractivity contribution in [3.05, 3.63) is 48.6 Å². The normalized spacial score (nSPS) is 12.3. The molecule has 1 unspecified atom stereocenters. The lowest BCUT2D eigenvalue weighted by Gasteiger charge is -2.18. The van der Waals surface area contributed by atoms with Crippen LogP contribution in [-0.4, -0.2) is 37.2 Å². The average molecular weight is 1070 g/mol. The number of ether oxygens (including phenoxy) is 3. The van der Waals surface area contributed by atoms with E-state index in [9.17, 15) is 14.4 Å². The Labute approximate surface area is 473 Å². The minimum atomic E-state index is -0.791. The molecule has 0 spiro atoms. The second-order valence-electron chi connectivity index (χ2n) is 22.7. The highest BCUT2D eigenvalue weighted by molar-refractivity contribution is 5.71. The zero-order chi connectivity index (χ0) is 55.0. The van der Waals surface area contributed by atoms with E-state index < -0.39 is 6.10 Å². The number of hydrogen-bond acceptors (Lipinski definition) is 6. The fraction of sp³-hybridized carbons (Fsp3) is 0.843. The summed E-state index contributed by atoms with van der Waals surface area (Å²) in [6.45, 7) is 6.52. The third-order valence-corrected chi connectivity index (χ3v) is 15.1. The van der Waals surface area contributed by atoms with Crippen molar-refractivity contribution in [1.82, 2.24) is 0 Å². The fourth-order valence-corrected chi connectivity index (χ4v) is 10.1. The molecule has 0 aliphatic rings. The van der Waals surface area contributed by atoms with Gasteiger partial charge in [0.15, 0.2) is 6.10 Å². The van der Waals surface area contributed by atoms with E-state index in [1.54, 1.807) is 0 Å². The zero-order valence-corrected chi connectivity index (χ0v) is 51.0. The Morgan fingerprint density at radius 1 is 0.276 bits per heavy atom. The fourth-order valence-electron chi connectivity index (χ4n) is 10.1. The molecule has 0 aromatic carbocycles. The quantitative estimate of drug-likeness (QED) is 0.0261. The zero-order valence-electron chi connectivity index (χ0n) is 51.0. The van der Waals surface area contributed by atoms with Crippen molar-refractivity contribution >= 4 is 17.9 Å². The molecule has 0 rings (SSSR count). The van der Waals surface area contributed by atoms with Gasteiger partial charge in [-0.3, -0.25) is 14.4 Å². The van der Waals surface area contributed by atoms with Crippen LogP contribution in [0.25, 0.3) is 0 Å². The van der Waals surface area contributed by atoms with E-state index in [1.807, 2.05) is 0 Å². The van der Waals surface area contributed by atoms with Crippen molar-refractivity contribution in [3.63, 3.8) is 0 Å². The van der Waals surface area contributed by atoms with Crippen LogP contribution in [0.4, 0.5) is 0 Å². The van der Waals surface area contributed by atoms with Gasteiger partial charge in [-0.1, -0.05) is 333 Å². The summed E-state index contributed by atoms with van der Waals surface area (Å²) in [4.78, 5) is 38.1. The van der Waals surface area contributed by atoms with Crippen LogP contribution in [0.1, 0.15) is 361 Å². The van der Waals surface area contributed by atoms with Crippen LogP contribution in [0.15, 0.2) is 48.6 Å². The van der Waals surface area contributed by atoms with Crippen LogP contribution in [-0.2, 0) is 28.6 Å². The van der Waals surface area contributed by atoms with E-state index in [0.717, 1.165) is 77.0 Å². The Hall–Kier alpha value is -2.63. The molecular formula is C70H128O6. The topological polar surface area (TPSA) is 78.9 Å². The van der Waals surface area contributed by atoms with Gasteiger partial charge in [-0.05, 0) is 57.8 Å². The van der Waals surface area contributed by atoms with E-state index in [2.05, 4.69) is 69.4 Å². The Morgan fingerprint density at radius 2 is 0.513 bits per heavy atom. The average Bonchev–Trinajstić information content (AvgIpc) is 3.42. The van der Waals surface area contributed by atoms with Crippen molar-refractivity contribution in [2.45, 2.75) is 367 Å². The molecule has 0 heterocycles. The second-order valence-corrected chi connectivity index (χ2v) is 22.7. The first-order valence-corrected chi connectivity index (χ1v) is 33.6. The highest BCUT2D eigenvalue weighted by Gasteiger charge is 2.19. The summed E-state index contributed by atoms with van der Waals surface area (Å²) in [6.07, 6.45) is 81.8. The Bertz CT molecular complexity index is 1310. The largest absolute Gasteiger partial charge is 0.462 e. The third kappa shape index (κ3) is 62.2. The van der Waals surface area contributed by atoms with Gasteiger partial charge in [0.25, 0.3) is 0 Å². The summed E-state index contributed by atoms with van der Waals surface area (Å²) in [5, 5.41) is 0. The van der Waals surface area contributed by atoms with E-state index in [4.69, 9.17) is 14.2 Å². The van der Waals surface area contributed by atoms with Crippen molar-refractivity contribution < 1.29 is 28.6 Å². The van der Waals surface area contributed by atoms with Gasteiger partial charge in [-0.15, -0.1) is 0 Å².